The second-order valence-electron chi connectivity index (χ2n) is 3.77. The van der Waals surface area contributed by atoms with Crippen LogP contribution in [-0.4, -0.2) is 19.2 Å². The maximum absolute atomic E-state index is 12.3. The third-order valence-electron chi connectivity index (χ3n) is 2.27. The molecule has 2 rings (SSSR count). The van der Waals surface area contributed by atoms with E-state index in [9.17, 15) is 13.2 Å². The molecule has 0 aliphatic carbocycles. The molecule has 9 heteroatoms. The Balaban J connectivity index is 2.35. The largest absolute Gasteiger partial charge is 0.293 e. The fourth-order valence-corrected chi connectivity index (χ4v) is 4.84. The average molecular weight is 440 g/mol. The van der Waals surface area contributed by atoms with Crippen LogP contribution in [0.4, 0.5) is 5.13 Å². The van der Waals surface area contributed by atoms with Crippen molar-refractivity contribution in [3.63, 3.8) is 0 Å². The standard InChI is InChI=1S/C11H8Br2N2O3S2/c1-6(16)9-5-19-11(14-9)15-20(17,18)10-4-7(12)2-3-8(10)13/h2-5H,1H3,(H,14,15). The van der Waals surface area contributed by atoms with Crippen molar-refractivity contribution < 1.29 is 13.2 Å². The number of halogens is 2. The van der Waals surface area contributed by atoms with Crippen LogP contribution >= 0.6 is 43.2 Å². The van der Waals surface area contributed by atoms with Gasteiger partial charge in [-0.05, 0) is 34.1 Å². The maximum atomic E-state index is 12.3. The predicted molar refractivity (Wildman–Crippen MR) is 84.8 cm³/mol. The van der Waals surface area contributed by atoms with E-state index in [4.69, 9.17) is 0 Å². The van der Waals surface area contributed by atoms with Crippen LogP contribution in [0.1, 0.15) is 17.4 Å². The molecule has 20 heavy (non-hydrogen) atoms. The fourth-order valence-electron chi connectivity index (χ4n) is 1.34. The van der Waals surface area contributed by atoms with Crippen LogP contribution in [0.2, 0.25) is 0 Å². The number of Topliss-reactive ketones (excluding diaryl/α,β-unsaturated/α-hetero) is 1. The van der Waals surface area contributed by atoms with Gasteiger partial charge in [-0.25, -0.2) is 13.4 Å². The van der Waals surface area contributed by atoms with Gasteiger partial charge in [0.2, 0.25) is 0 Å². The number of carbonyl (C=O) groups excluding carboxylic acids is 1. The molecule has 0 atom stereocenters. The zero-order chi connectivity index (χ0) is 14.9. The van der Waals surface area contributed by atoms with E-state index in [0.29, 0.717) is 8.95 Å². The first kappa shape index (κ1) is 15.6. The Kier molecular flexibility index (Phi) is 4.62. The molecule has 0 amide bonds. The molecule has 0 fully saturated rings. The van der Waals surface area contributed by atoms with Crippen molar-refractivity contribution >= 4 is 64.1 Å². The van der Waals surface area contributed by atoms with Crippen LogP contribution < -0.4 is 4.72 Å². The van der Waals surface area contributed by atoms with Gasteiger partial charge in [0.1, 0.15) is 10.6 Å². The second-order valence-corrected chi connectivity index (χ2v) is 8.05. The lowest BCUT2D eigenvalue weighted by Gasteiger charge is -2.07. The first-order valence-corrected chi connectivity index (χ1v) is 9.19. The lowest BCUT2D eigenvalue weighted by Crippen LogP contribution is -2.13. The topological polar surface area (TPSA) is 76.1 Å². The highest BCUT2D eigenvalue weighted by molar-refractivity contribution is 9.11. The number of hydrogen-bond donors (Lipinski definition) is 1. The van der Waals surface area contributed by atoms with E-state index >= 15 is 0 Å². The number of nitrogens with zero attached hydrogens (tertiary/aromatic N) is 1. The zero-order valence-electron chi connectivity index (χ0n) is 10.1. The molecule has 1 aromatic heterocycles. The number of ketones is 1. The van der Waals surface area contributed by atoms with Crippen molar-refractivity contribution in [2.24, 2.45) is 0 Å². The van der Waals surface area contributed by atoms with Gasteiger partial charge in [0.15, 0.2) is 10.9 Å². The van der Waals surface area contributed by atoms with Gasteiger partial charge >= 0.3 is 0 Å². The van der Waals surface area contributed by atoms with E-state index in [1.54, 1.807) is 12.1 Å². The molecule has 2 aromatic rings. The van der Waals surface area contributed by atoms with E-state index in [1.807, 2.05) is 0 Å². The molecule has 0 spiro atoms. The lowest BCUT2D eigenvalue weighted by atomic mass is 10.4. The number of carbonyl (C=O) groups is 1. The van der Waals surface area contributed by atoms with E-state index in [1.165, 1.54) is 18.4 Å². The summed E-state index contributed by atoms with van der Waals surface area (Å²) in [5.41, 5.74) is 0.237. The van der Waals surface area contributed by atoms with Crippen molar-refractivity contribution in [1.82, 2.24) is 4.98 Å². The van der Waals surface area contributed by atoms with Crippen LogP contribution in [-0.2, 0) is 10.0 Å². The third-order valence-corrected chi connectivity index (χ3v) is 5.98. The molecule has 106 valence electrons. The number of rotatable bonds is 4. The first-order chi connectivity index (χ1) is 9.29. The second kappa shape index (κ2) is 5.92. The number of thiazole rings is 1. The molecular formula is C11H8Br2N2O3S2. The van der Waals surface area contributed by atoms with Crippen molar-refractivity contribution in [2.75, 3.05) is 4.72 Å². The van der Waals surface area contributed by atoms with Gasteiger partial charge in [0.05, 0.1) is 0 Å². The molecule has 5 nitrogen and oxygen atoms in total. The smallest absolute Gasteiger partial charge is 0.264 e. The summed E-state index contributed by atoms with van der Waals surface area (Å²) in [4.78, 5) is 15.2. The molecule has 0 bridgehead atoms. The Hall–Kier alpha value is -0.770. The molecule has 0 saturated heterocycles. The molecule has 1 heterocycles. The minimum Gasteiger partial charge on any atom is -0.293 e. The minimum absolute atomic E-state index is 0.0893. The van der Waals surface area contributed by atoms with E-state index in [2.05, 4.69) is 41.6 Å². The third kappa shape index (κ3) is 3.46. The summed E-state index contributed by atoms with van der Waals surface area (Å²) >= 11 is 7.48. The minimum atomic E-state index is -3.77. The van der Waals surface area contributed by atoms with Gasteiger partial charge < -0.3 is 0 Å². The normalized spacial score (nSPS) is 11.3. The number of aromatic nitrogens is 1. The molecular weight excluding hydrogens is 432 g/mol. The van der Waals surface area contributed by atoms with Gasteiger partial charge in [-0.2, -0.15) is 0 Å². The van der Waals surface area contributed by atoms with Gasteiger partial charge in [0.25, 0.3) is 10.0 Å². The van der Waals surface area contributed by atoms with Gasteiger partial charge in [-0.3, -0.25) is 9.52 Å². The number of anilines is 1. The Labute approximate surface area is 136 Å². The highest BCUT2D eigenvalue weighted by atomic mass is 79.9. The summed E-state index contributed by atoms with van der Waals surface area (Å²) < 4.78 is 28.0. The number of nitrogens with one attached hydrogen (secondary N) is 1. The van der Waals surface area contributed by atoms with Gasteiger partial charge in [0, 0.05) is 21.2 Å². The summed E-state index contributed by atoms with van der Waals surface area (Å²) in [6, 6.07) is 4.83. The van der Waals surface area contributed by atoms with Gasteiger partial charge in [-0.15, -0.1) is 11.3 Å². The van der Waals surface area contributed by atoms with E-state index < -0.39 is 10.0 Å². The Morgan fingerprint density at radius 3 is 2.65 bits per heavy atom. The molecule has 0 aliphatic rings. The van der Waals surface area contributed by atoms with Crippen molar-refractivity contribution in [3.8, 4) is 0 Å². The van der Waals surface area contributed by atoms with Crippen LogP contribution in [0.15, 0.2) is 37.4 Å². The van der Waals surface area contributed by atoms with Crippen LogP contribution in [0, 0.1) is 0 Å². The molecule has 1 N–H and O–H groups in total. The van der Waals surface area contributed by atoms with Crippen molar-refractivity contribution in [2.45, 2.75) is 11.8 Å². The molecule has 0 saturated carbocycles. The first-order valence-electron chi connectivity index (χ1n) is 5.24. The maximum Gasteiger partial charge on any atom is 0.264 e. The Bertz CT molecular complexity index is 772. The van der Waals surface area contributed by atoms with E-state index in [0.717, 1.165) is 11.3 Å². The SMILES string of the molecule is CC(=O)c1csc(NS(=O)(=O)c2cc(Br)ccc2Br)n1. The zero-order valence-corrected chi connectivity index (χ0v) is 14.9. The van der Waals surface area contributed by atoms with Crippen LogP contribution in [0.25, 0.3) is 0 Å². The monoisotopic (exact) mass is 438 g/mol. The van der Waals surface area contributed by atoms with Crippen LogP contribution in [0.3, 0.4) is 0 Å². The summed E-state index contributed by atoms with van der Waals surface area (Å²) in [6.07, 6.45) is 0. The summed E-state index contributed by atoms with van der Waals surface area (Å²) in [5.74, 6) is -0.213. The van der Waals surface area contributed by atoms with E-state index in [-0.39, 0.29) is 21.5 Å². The highest BCUT2D eigenvalue weighted by Crippen LogP contribution is 2.28. The molecule has 0 unspecified atom stereocenters. The predicted octanol–water partition coefficient (Wildman–Crippen LogP) is 3.67. The fraction of sp³-hybridized carbons (Fsp3) is 0.0909. The number of hydrogen-bond acceptors (Lipinski definition) is 5. The van der Waals surface area contributed by atoms with Crippen molar-refractivity contribution in [1.29, 1.82) is 0 Å². The molecule has 0 aliphatic heterocycles. The average Bonchev–Trinajstić information content (AvgIpc) is 2.80. The number of sulfonamides is 1. The lowest BCUT2D eigenvalue weighted by molar-refractivity contribution is 0.101. The Morgan fingerprint density at radius 1 is 1.35 bits per heavy atom. The summed E-state index contributed by atoms with van der Waals surface area (Å²) in [5, 5.41) is 1.66. The quantitative estimate of drug-likeness (QED) is 0.737. The summed E-state index contributed by atoms with van der Waals surface area (Å²) in [6.45, 7) is 1.37. The van der Waals surface area contributed by atoms with Crippen molar-refractivity contribution in [3.05, 3.63) is 38.2 Å². The molecule has 1 aromatic carbocycles. The molecule has 0 radical (unpaired) electrons. The summed E-state index contributed by atoms with van der Waals surface area (Å²) in [7, 11) is -3.77. The van der Waals surface area contributed by atoms with Gasteiger partial charge in [-0.1, -0.05) is 15.9 Å². The Morgan fingerprint density at radius 2 is 2.05 bits per heavy atom. The highest BCUT2D eigenvalue weighted by Gasteiger charge is 2.20. The number of benzene rings is 1. The van der Waals surface area contributed by atoms with Crippen LogP contribution in [0.5, 0.6) is 0 Å².